The number of aliphatic hydroxyl groups excluding tert-OH is 1. The SMILES string of the molecule is COCCCN(Cc1nc2sc3c(c2c(=O)[nH]1)CCC(C)C3)CC(C)O. The lowest BCUT2D eigenvalue weighted by Crippen LogP contribution is -2.33. The van der Waals surface area contributed by atoms with Gasteiger partial charge in [-0.1, -0.05) is 6.92 Å². The van der Waals surface area contributed by atoms with Gasteiger partial charge in [-0.25, -0.2) is 4.98 Å². The van der Waals surface area contributed by atoms with E-state index in [1.807, 2.05) is 0 Å². The zero-order chi connectivity index (χ0) is 18.7. The van der Waals surface area contributed by atoms with Crippen LogP contribution < -0.4 is 5.56 Å². The van der Waals surface area contributed by atoms with Gasteiger partial charge in [-0.05, 0) is 44.1 Å². The number of nitrogens with one attached hydrogen (secondary N) is 1. The monoisotopic (exact) mass is 379 g/mol. The average Bonchev–Trinajstić information content (AvgIpc) is 2.91. The molecule has 0 saturated heterocycles. The smallest absolute Gasteiger partial charge is 0.259 e. The molecule has 2 aromatic heterocycles. The van der Waals surface area contributed by atoms with Crippen LogP contribution >= 0.6 is 11.3 Å². The first-order valence-corrected chi connectivity index (χ1v) is 10.2. The number of aryl methyl sites for hydroxylation is 1. The lowest BCUT2D eigenvalue weighted by Gasteiger charge is -2.23. The summed E-state index contributed by atoms with van der Waals surface area (Å²) in [4.78, 5) is 24.7. The van der Waals surface area contributed by atoms with Crippen molar-refractivity contribution in [1.29, 1.82) is 0 Å². The number of aromatic amines is 1. The number of H-pyrrole nitrogens is 1. The lowest BCUT2D eigenvalue weighted by molar-refractivity contribution is 0.109. The van der Waals surface area contributed by atoms with Crippen LogP contribution in [0.2, 0.25) is 0 Å². The molecule has 2 unspecified atom stereocenters. The molecule has 0 spiro atoms. The summed E-state index contributed by atoms with van der Waals surface area (Å²) in [6, 6.07) is 0. The van der Waals surface area contributed by atoms with Crippen molar-refractivity contribution in [2.24, 2.45) is 5.92 Å². The van der Waals surface area contributed by atoms with Crippen LogP contribution in [0.25, 0.3) is 10.2 Å². The molecule has 2 aromatic rings. The van der Waals surface area contributed by atoms with E-state index in [1.165, 1.54) is 10.4 Å². The van der Waals surface area contributed by atoms with Gasteiger partial charge in [0.2, 0.25) is 0 Å². The van der Waals surface area contributed by atoms with Crippen molar-refractivity contribution in [2.45, 2.75) is 52.2 Å². The first-order valence-electron chi connectivity index (χ1n) is 9.40. The Kier molecular flexibility index (Phi) is 6.45. The molecule has 1 aliphatic carbocycles. The molecular weight excluding hydrogens is 350 g/mol. The second kappa shape index (κ2) is 8.61. The third-order valence-corrected chi connectivity index (χ3v) is 6.08. The summed E-state index contributed by atoms with van der Waals surface area (Å²) in [5.74, 6) is 1.35. The van der Waals surface area contributed by atoms with Gasteiger partial charge in [-0.2, -0.15) is 0 Å². The Hall–Kier alpha value is -1.28. The van der Waals surface area contributed by atoms with E-state index in [0.29, 0.717) is 31.4 Å². The van der Waals surface area contributed by atoms with Gasteiger partial charge in [-0.3, -0.25) is 9.69 Å². The number of nitrogens with zero attached hydrogens (tertiary/aromatic N) is 2. The number of methoxy groups -OCH3 is 1. The molecule has 0 amide bonds. The third kappa shape index (κ3) is 4.52. The molecule has 1 aliphatic rings. The number of thiophene rings is 1. The van der Waals surface area contributed by atoms with E-state index in [-0.39, 0.29) is 5.56 Å². The predicted octanol–water partition coefficient (Wildman–Crippen LogP) is 2.33. The first kappa shape index (κ1) is 19.5. The number of hydrogen-bond donors (Lipinski definition) is 2. The molecule has 2 heterocycles. The number of hydrogen-bond acceptors (Lipinski definition) is 6. The lowest BCUT2D eigenvalue weighted by atomic mass is 9.89. The van der Waals surface area contributed by atoms with Gasteiger partial charge in [0.15, 0.2) is 0 Å². The largest absolute Gasteiger partial charge is 0.392 e. The number of fused-ring (bicyclic) bond motifs is 3. The maximum Gasteiger partial charge on any atom is 0.259 e. The van der Waals surface area contributed by atoms with Crippen LogP contribution in [0.15, 0.2) is 4.79 Å². The van der Waals surface area contributed by atoms with Crippen LogP contribution in [0.1, 0.15) is 43.0 Å². The summed E-state index contributed by atoms with van der Waals surface area (Å²) in [6.45, 7) is 6.58. The Balaban J connectivity index is 1.84. The normalized spacial score (nSPS) is 18.4. The van der Waals surface area contributed by atoms with Crippen molar-refractivity contribution < 1.29 is 9.84 Å². The van der Waals surface area contributed by atoms with E-state index in [0.717, 1.165) is 42.4 Å². The van der Waals surface area contributed by atoms with Crippen molar-refractivity contribution in [3.63, 3.8) is 0 Å². The number of aromatic nitrogens is 2. The van der Waals surface area contributed by atoms with Gasteiger partial charge in [0, 0.05) is 31.7 Å². The predicted molar refractivity (Wildman–Crippen MR) is 105 cm³/mol. The van der Waals surface area contributed by atoms with Crippen molar-refractivity contribution in [3.05, 3.63) is 26.6 Å². The Morgan fingerprint density at radius 2 is 2.31 bits per heavy atom. The van der Waals surface area contributed by atoms with Crippen molar-refractivity contribution >= 4 is 21.6 Å². The van der Waals surface area contributed by atoms with Crippen molar-refractivity contribution in [1.82, 2.24) is 14.9 Å². The summed E-state index contributed by atoms with van der Waals surface area (Å²) in [5.41, 5.74) is 1.19. The molecule has 26 heavy (non-hydrogen) atoms. The van der Waals surface area contributed by atoms with Crippen LogP contribution in [-0.2, 0) is 24.1 Å². The zero-order valence-electron chi connectivity index (χ0n) is 15.9. The van der Waals surface area contributed by atoms with Crippen LogP contribution in [0, 0.1) is 5.92 Å². The van der Waals surface area contributed by atoms with E-state index in [2.05, 4.69) is 16.8 Å². The average molecular weight is 380 g/mol. The molecule has 2 atom stereocenters. The highest BCUT2D eigenvalue weighted by molar-refractivity contribution is 7.18. The fourth-order valence-corrected chi connectivity index (χ4v) is 5.12. The molecular formula is C19H29N3O3S. The first-order chi connectivity index (χ1) is 12.5. The van der Waals surface area contributed by atoms with Crippen LogP contribution in [0.5, 0.6) is 0 Å². The van der Waals surface area contributed by atoms with Gasteiger partial charge in [-0.15, -0.1) is 11.3 Å². The van der Waals surface area contributed by atoms with E-state index < -0.39 is 6.10 Å². The van der Waals surface area contributed by atoms with E-state index >= 15 is 0 Å². The summed E-state index contributed by atoms with van der Waals surface area (Å²) in [5, 5.41) is 10.5. The van der Waals surface area contributed by atoms with E-state index in [9.17, 15) is 9.90 Å². The molecule has 0 aromatic carbocycles. The number of ether oxygens (including phenoxy) is 1. The molecule has 0 fully saturated rings. The Bertz CT molecular complexity index is 799. The molecule has 0 aliphatic heterocycles. The molecule has 0 radical (unpaired) electrons. The molecule has 144 valence electrons. The molecule has 2 N–H and O–H groups in total. The van der Waals surface area contributed by atoms with E-state index in [4.69, 9.17) is 9.72 Å². The van der Waals surface area contributed by atoms with Crippen LogP contribution in [0.3, 0.4) is 0 Å². The number of aliphatic hydroxyl groups is 1. The highest BCUT2D eigenvalue weighted by Crippen LogP contribution is 2.35. The van der Waals surface area contributed by atoms with Crippen molar-refractivity contribution in [2.75, 3.05) is 26.8 Å². The molecule has 3 rings (SSSR count). The third-order valence-electron chi connectivity index (χ3n) is 4.93. The van der Waals surface area contributed by atoms with E-state index in [1.54, 1.807) is 25.4 Å². The Labute approximate surface area is 158 Å². The minimum atomic E-state index is -0.427. The molecule has 6 nitrogen and oxygen atoms in total. The Morgan fingerprint density at radius 3 is 3.04 bits per heavy atom. The summed E-state index contributed by atoms with van der Waals surface area (Å²) in [7, 11) is 1.69. The van der Waals surface area contributed by atoms with Gasteiger partial charge >= 0.3 is 0 Å². The van der Waals surface area contributed by atoms with Gasteiger partial charge in [0.1, 0.15) is 10.7 Å². The van der Waals surface area contributed by atoms with Gasteiger partial charge in [0.25, 0.3) is 5.56 Å². The molecule has 0 saturated carbocycles. The zero-order valence-corrected chi connectivity index (χ0v) is 16.7. The second-order valence-corrected chi connectivity index (χ2v) is 8.56. The summed E-state index contributed by atoms with van der Waals surface area (Å²) >= 11 is 1.68. The van der Waals surface area contributed by atoms with Gasteiger partial charge < -0.3 is 14.8 Å². The minimum Gasteiger partial charge on any atom is -0.392 e. The van der Waals surface area contributed by atoms with Crippen molar-refractivity contribution in [3.8, 4) is 0 Å². The van der Waals surface area contributed by atoms with Crippen LogP contribution in [-0.4, -0.2) is 52.9 Å². The Morgan fingerprint density at radius 1 is 1.50 bits per heavy atom. The van der Waals surface area contributed by atoms with Crippen LogP contribution in [0.4, 0.5) is 0 Å². The second-order valence-electron chi connectivity index (χ2n) is 7.48. The molecule has 0 bridgehead atoms. The maximum absolute atomic E-state index is 12.7. The number of rotatable bonds is 8. The fraction of sp³-hybridized carbons (Fsp3) is 0.684. The summed E-state index contributed by atoms with van der Waals surface area (Å²) in [6.07, 6.45) is 3.62. The fourth-order valence-electron chi connectivity index (χ4n) is 3.72. The maximum atomic E-state index is 12.7. The molecule has 7 heteroatoms. The quantitative estimate of drug-likeness (QED) is 0.688. The topological polar surface area (TPSA) is 78.5 Å². The standard InChI is InChI=1S/C19H29N3O3S/c1-12-5-6-14-15(9-12)26-19-17(14)18(24)20-16(21-19)11-22(10-13(2)23)7-4-8-25-3/h12-13,23H,4-11H2,1-3H3,(H,20,21,24). The summed E-state index contributed by atoms with van der Waals surface area (Å²) < 4.78 is 5.12. The highest BCUT2D eigenvalue weighted by atomic mass is 32.1. The van der Waals surface area contributed by atoms with Gasteiger partial charge in [0.05, 0.1) is 18.0 Å². The minimum absolute atomic E-state index is 0.0223. The highest BCUT2D eigenvalue weighted by Gasteiger charge is 2.23.